The molecule has 0 fully saturated rings. The number of methoxy groups -OCH3 is 1. The molecule has 0 aromatic heterocycles. The van der Waals surface area contributed by atoms with E-state index in [4.69, 9.17) is 4.74 Å². The van der Waals surface area contributed by atoms with Crippen LogP contribution in [0.3, 0.4) is 0 Å². The Labute approximate surface area is 175 Å². The number of rotatable bonds is 7. The molecule has 0 aliphatic rings. The second-order valence-corrected chi connectivity index (χ2v) is 7.35. The van der Waals surface area contributed by atoms with Gasteiger partial charge in [-0.05, 0) is 48.4 Å². The summed E-state index contributed by atoms with van der Waals surface area (Å²) < 4.78 is 6.18. The number of nitrogens with zero attached hydrogens (tertiary/aromatic N) is 2. The smallest absolute Gasteiger partial charge is 0.226 e. The molecular weight excluding hydrogens is 420 g/mol. The van der Waals surface area contributed by atoms with Crippen LogP contribution in [0, 0.1) is 6.92 Å². The van der Waals surface area contributed by atoms with E-state index >= 15 is 0 Å². The SMILES string of the molecule is CN=C(NCCC(=O)Nc1ccc(Br)cc1C)N(C)Cc1ccc(OC)cc1. The van der Waals surface area contributed by atoms with Crippen LogP contribution in [-0.2, 0) is 11.3 Å². The third-order valence-corrected chi connectivity index (χ3v) is 4.74. The van der Waals surface area contributed by atoms with Gasteiger partial charge >= 0.3 is 0 Å². The topological polar surface area (TPSA) is 66.0 Å². The van der Waals surface area contributed by atoms with Crippen LogP contribution in [0.5, 0.6) is 5.75 Å². The fraction of sp³-hybridized carbons (Fsp3) is 0.333. The highest BCUT2D eigenvalue weighted by Gasteiger charge is 2.09. The minimum atomic E-state index is -0.0359. The Bertz CT molecular complexity index is 822. The molecule has 2 aromatic carbocycles. The summed E-state index contributed by atoms with van der Waals surface area (Å²) in [5.41, 5.74) is 3.00. The molecule has 0 atom stereocenters. The lowest BCUT2D eigenvalue weighted by atomic mass is 10.2. The van der Waals surface area contributed by atoms with E-state index in [1.54, 1.807) is 14.2 Å². The lowest BCUT2D eigenvalue weighted by molar-refractivity contribution is -0.116. The van der Waals surface area contributed by atoms with Gasteiger partial charge in [0, 0.05) is 43.8 Å². The van der Waals surface area contributed by atoms with Crippen molar-refractivity contribution in [2.24, 2.45) is 4.99 Å². The van der Waals surface area contributed by atoms with Gasteiger partial charge in [0.1, 0.15) is 5.75 Å². The van der Waals surface area contributed by atoms with Crippen molar-refractivity contribution in [3.63, 3.8) is 0 Å². The van der Waals surface area contributed by atoms with Crippen LogP contribution in [0.25, 0.3) is 0 Å². The summed E-state index contributed by atoms with van der Waals surface area (Å²) in [7, 11) is 5.35. The van der Waals surface area contributed by atoms with Crippen molar-refractivity contribution in [2.75, 3.05) is 33.1 Å². The molecule has 6 nitrogen and oxygen atoms in total. The lowest BCUT2D eigenvalue weighted by Crippen LogP contribution is -2.39. The number of aliphatic imine (C=N–C) groups is 1. The first kappa shape index (κ1) is 21.8. The number of carbonyl (C=O) groups excluding carboxylic acids is 1. The Morgan fingerprint density at radius 1 is 1.21 bits per heavy atom. The van der Waals surface area contributed by atoms with Gasteiger partial charge in [-0.2, -0.15) is 0 Å². The average molecular weight is 447 g/mol. The van der Waals surface area contributed by atoms with Crippen molar-refractivity contribution >= 4 is 33.5 Å². The number of anilines is 1. The van der Waals surface area contributed by atoms with E-state index < -0.39 is 0 Å². The summed E-state index contributed by atoms with van der Waals surface area (Å²) in [5.74, 6) is 1.54. The van der Waals surface area contributed by atoms with Gasteiger partial charge in [0.05, 0.1) is 7.11 Å². The Morgan fingerprint density at radius 3 is 2.54 bits per heavy atom. The van der Waals surface area contributed by atoms with Gasteiger partial charge < -0.3 is 20.3 Å². The maximum absolute atomic E-state index is 12.2. The summed E-state index contributed by atoms with van der Waals surface area (Å²) in [6.07, 6.45) is 0.352. The van der Waals surface area contributed by atoms with Crippen LogP contribution in [0.1, 0.15) is 17.5 Å². The maximum atomic E-state index is 12.2. The lowest BCUT2D eigenvalue weighted by Gasteiger charge is -2.22. The first-order valence-corrected chi connectivity index (χ1v) is 9.83. The zero-order valence-electron chi connectivity index (χ0n) is 16.8. The second kappa shape index (κ2) is 10.7. The fourth-order valence-electron chi connectivity index (χ4n) is 2.73. The van der Waals surface area contributed by atoms with Crippen molar-refractivity contribution in [2.45, 2.75) is 19.9 Å². The van der Waals surface area contributed by atoms with E-state index in [0.29, 0.717) is 19.5 Å². The van der Waals surface area contributed by atoms with E-state index in [1.807, 2.05) is 61.3 Å². The predicted octanol–water partition coefficient (Wildman–Crippen LogP) is 3.80. The monoisotopic (exact) mass is 446 g/mol. The van der Waals surface area contributed by atoms with Crippen LogP contribution >= 0.6 is 15.9 Å². The molecule has 2 N–H and O–H groups in total. The summed E-state index contributed by atoms with van der Waals surface area (Å²) in [5, 5.41) is 6.18. The number of amides is 1. The number of carbonyl (C=O) groups is 1. The van der Waals surface area contributed by atoms with Gasteiger partial charge in [0.2, 0.25) is 5.91 Å². The summed E-state index contributed by atoms with van der Waals surface area (Å²) in [4.78, 5) is 18.5. The number of aryl methyl sites for hydroxylation is 1. The molecule has 7 heteroatoms. The van der Waals surface area contributed by atoms with E-state index in [1.165, 1.54) is 0 Å². The molecule has 1 amide bonds. The minimum Gasteiger partial charge on any atom is -0.497 e. The molecule has 0 aliphatic carbocycles. The molecule has 2 rings (SSSR count). The first-order chi connectivity index (χ1) is 13.4. The second-order valence-electron chi connectivity index (χ2n) is 6.44. The highest BCUT2D eigenvalue weighted by atomic mass is 79.9. The maximum Gasteiger partial charge on any atom is 0.226 e. The van der Waals surface area contributed by atoms with Gasteiger partial charge in [0.15, 0.2) is 5.96 Å². The average Bonchev–Trinajstić information content (AvgIpc) is 2.68. The normalized spacial score (nSPS) is 11.1. The van der Waals surface area contributed by atoms with Crippen molar-refractivity contribution in [3.05, 3.63) is 58.1 Å². The van der Waals surface area contributed by atoms with Gasteiger partial charge in [0.25, 0.3) is 0 Å². The summed E-state index contributed by atoms with van der Waals surface area (Å²) in [6.45, 7) is 3.17. The van der Waals surface area contributed by atoms with E-state index in [2.05, 4.69) is 31.6 Å². The quantitative estimate of drug-likeness (QED) is 0.501. The molecule has 0 aliphatic heterocycles. The summed E-state index contributed by atoms with van der Waals surface area (Å²) >= 11 is 3.43. The first-order valence-electron chi connectivity index (χ1n) is 9.03. The highest BCUT2D eigenvalue weighted by molar-refractivity contribution is 9.10. The van der Waals surface area contributed by atoms with Crippen LogP contribution < -0.4 is 15.4 Å². The molecule has 0 heterocycles. The zero-order valence-corrected chi connectivity index (χ0v) is 18.3. The van der Waals surface area contributed by atoms with Crippen LogP contribution in [0.15, 0.2) is 51.9 Å². The molecule has 0 spiro atoms. The Kier molecular flexibility index (Phi) is 8.32. The largest absolute Gasteiger partial charge is 0.497 e. The Balaban J connectivity index is 1.81. The van der Waals surface area contributed by atoms with Gasteiger partial charge in [-0.25, -0.2) is 0 Å². The number of hydrogen-bond donors (Lipinski definition) is 2. The molecule has 0 saturated carbocycles. The molecule has 0 radical (unpaired) electrons. The molecule has 28 heavy (non-hydrogen) atoms. The predicted molar refractivity (Wildman–Crippen MR) is 118 cm³/mol. The number of halogens is 1. The Morgan fingerprint density at radius 2 is 1.93 bits per heavy atom. The number of benzene rings is 2. The van der Waals surface area contributed by atoms with Crippen LogP contribution in [-0.4, -0.2) is 44.5 Å². The number of hydrogen-bond acceptors (Lipinski definition) is 3. The van der Waals surface area contributed by atoms with E-state index in [0.717, 1.165) is 33.0 Å². The van der Waals surface area contributed by atoms with E-state index in [9.17, 15) is 4.79 Å². The Hall–Kier alpha value is -2.54. The molecular formula is C21H27BrN4O2. The number of guanidine groups is 1. The molecule has 0 saturated heterocycles. The van der Waals surface area contributed by atoms with Crippen LogP contribution in [0.2, 0.25) is 0 Å². The van der Waals surface area contributed by atoms with Gasteiger partial charge in [-0.1, -0.05) is 28.1 Å². The van der Waals surface area contributed by atoms with Gasteiger partial charge in [-0.3, -0.25) is 9.79 Å². The van der Waals surface area contributed by atoms with E-state index in [-0.39, 0.29) is 5.91 Å². The van der Waals surface area contributed by atoms with Gasteiger partial charge in [-0.15, -0.1) is 0 Å². The molecule has 2 aromatic rings. The molecule has 0 bridgehead atoms. The molecule has 150 valence electrons. The summed E-state index contributed by atoms with van der Waals surface area (Å²) in [6, 6.07) is 13.7. The van der Waals surface area contributed by atoms with Crippen molar-refractivity contribution < 1.29 is 9.53 Å². The fourth-order valence-corrected chi connectivity index (χ4v) is 3.21. The number of ether oxygens (including phenoxy) is 1. The van der Waals surface area contributed by atoms with Crippen molar-refractivity contribution in [1.82, 2.24) is 10.2 Å². The standard InChI is InChI=1S/C21H27BrN4O2/c1-15-13-17(22)7-10-19(15)25-20(27)11-12-24-21(23-2)26(3)14-16-5-8-18(28-4)9-6-16/h5-10,13H,11-12,14H2,1-4H3,(H,23,24)(H,25,27). The minimum absolute atomic E-state index is 0.0359. The number of nitrogens with one attached hydrogen (secondary N) is 2. The van der Waals surface area contributed by atoms with Crippen molar-refractivity contribution in [3.8, 4) is 5.75 Å². The highest BCUT2D eigenvalue weighted by Crippen LogP contribution is 2.20. The van der Waals surface area contributed by atoms with Crippen LogP contribution in [0.4, 0.5) is 5.69 Å². The third kappa shape index (κ3) is 6.56. The third-order valence-electron chi connectivity index (χ3n) is 4.25. The molecule has 0 unspecified atom stereocenters. The zero-order chi connectivity index (χ0) is 20.5. The van der Waals surface area contributed by atoms with Crippen molar-refractivity contribution in [1.29, 1.82) is 0 Å².